The van der Waals surface area contributed by atoms with Gasteiger partial charge in [0.2, 0.25) is 10.8 Å². The number of aromatic carboxylic acids is 1. The molecule has 0 atom stereocenters. The topological polar surface area (TPSA) is 59.4 Å². The molecule has 72 valence electrons. The Morgan fingerprint density at radius 1 is 1.62 bits per heavy atom. The fourth-order valence-electron chi connectivity index (χ4n) is 0.864. The normalized spacial score (nSPS) is 10.0. The molecule has 0 fully saturated rings. The van der Waals surface area contributed by atoms with Gasteiger partial charge in [0.15, 0.2) is 0 Å². The molecular weight excluding hydrogens is 190 g/mol. The van der Waals surface area contributed by atoms with Crippen molar-refractivity contribution < 1.29 is 14.6 Å². The van der Waals surface area contributed by atoms with Crippen molar-refractivity contribution in [1.29, 1.82) is 0 Å². The maximum Gasteiger partial charge on any atom is 0.359 e. The molecule has 1 aromatic heterocycles. The Kier molecular flexibility index (Phi) is 3.25. The molecular formula is C8H11NO3S. The van der Waals surface area contributed by atoms with Gasteiger partial charge in [-0.15, -0.1) is 0 Å². The van der Waals surface area contributed by atoms with E-state index in [0.717, 1.165) is 11.4 Å². The van der Waals surface area contributed by atoms with Gasteiger partial charge in [-0.1, -0.05) is 18.3 Å². The Morgan fingerprint density at radius 3 is 2.77 bits per heavy atom. The van der Waals surface area contributed by atoms with Crippen LogP contribution < -0.4 is 4.74 Å². The summed E-state index contributed by atoms with van der Waals surface area (Å²) in [6.45, 7) is 4.21. The van der Waals surface area contributed by atoms with Crippen molar-refractivity contribution in [1.82, 2.24) is 4.98 Å². The van der Waals surface area contributed by atoms with Gasteiger partial charge < -0.3 is 9.84 Å². The number of aromatic nitrogens is 1. The van der Waals surface area contributed by atoms with Crippen LogP contribution in [0.15, 0.2) is 0 Å². The van der Waals surface area contributed by atoms with E-state index in [1.54, 1.807) is 0 Å². The molecule has 5 heteroatoms. The first-order valence-electron chi connectivity index (χ1n) is 4.04. The van der Waals surface area contributed by atoms with Gasteiger partial charge in [-0.25, -0.2) is 9.78 Å². The summed E-state index contributed by atoms with van der Waals surface area (Å²) in [7, 11) is 0. The summed E-state index contributed by atoms with van der Waals surface area (Å²) in [6, 6.07) is 0. The number of rotatable bonds is 4. The number of hydrogen-bond acceptors (Lipinski definition) is 4. The third-order valence-electron chi connectivity index (χ3n) is 1.42. The van der Waals surface area contributed by atoms with Crippen molar-refractivity contribution in [3.05, 3.63) is 10.7 Å². The highest BCUT2D eigenvalue weighted by molar-refractivity contribution is 7.13. The number of nitrogens with zero attached hydrogens (tertiary/aromatic N) is 1. The minimum Gasteiger partial charge on any atom is -0.482 e. The second-order valence-corrected chi connectivity index (χ2v) is 3.38. The van der Waals surface area contributed by atoms with Gasteiger partial charge in [0, 0.05) is 0 Å². The molecule has 0 aliphatic rings. The molecule has 0 saturated heterocycles. The summed E-state index contributed by atoms with van der Waals surface area (Å²) in [4.78, 5) is 14.6. The van der Waals surface area contributed by atoms with E-state index in [1.807, 2.05) is 13.8 Å². The minimum atomic E-state index is -1.03. The zero-order valence-electron chi connectivity index (χ0n) is 7.53. The highest BCUT2D eigenvalue weighted by Gasteiger charge is 2.17. The largest absolute Gasteiger partial charge is 0.482 e. The van der Waals surface area contributed by atoms with Crippen molar-refractivity contribution >= 4 is 17.3 Å². The maximum absolute atomic E-state index is 10.7. The number of thiazole rings is 1. The lowest BCUT2D eigenvalue weighted by Crippen LogP contribution is -2.01. The van der Waals surface area contributed by atoms with Crippen LogP contribution in [0.1, 0.15) is 29.3 Å². The molecule has 1 heterocycles. The van der Waals surface area contributed by atoms with E-state index < -0.39 is 5.97 Å². The van der Waals surface area contributed by atoms with Gasteiger partial charge in [0.25, 0.3) is 0 Å². The molecule has 0 spiro atoms. The van der Waals surface area contributed by atoms with Crippen LogP contribution in [0, 0.1) is 0 Å². The quantitative estimate of drug-likeness (QED) is 0.807. The predicted molar refractivity (Wildman–Crippen MR) is 49.6 cm³/mol. The van der Waals surface area contributed by atoms with Crippen LogP contribution in [0.3, 0.4) is 0 Å². The van der Waals surface area contributed by atoms with E-state index in [2.05, 4.69) is 4.98 Å². The second kappa shape index (κ2) is 4.23. The third kappa shape index (κ3) is 2.18. The zero-order chi connectivity index (χ0) is 9.84. The standard InChI is InChI=1S/C8H11NO3S/c1-3-5-9-6(7(10)11)8(13-5)12-4-2/h3-4H2,1-2H3,(H,10,11). The van der Waals surface area contributed by atoms with Crippen LogP contribution in [0.4, 0.5) is 0 Å². The number of aryl methyl sites for hydroxylation is 1. The van der Waals surface area contributed by atoms with Crippen molar-refractivity contribution in [2.75, 3.05) is 6.61 Å². The van der Waals surface area contributed by atoms with Crippen LogP contribution in [0.25, 0.3) is 0 Å². The molecule has 1 rings (SSSR count). The van der Waals surface area contributed by atoms with E-state index in [-0.39, 0.29) is 5.69 Å². The van der Waals surface area contributed by atoms with Crippen molar-refractivity contribution in [2.24, 2.45) is 0 Å². The Bertz CT molecular complexity index is 308. The molecule has 4 nitrogen and oxygen atoms in total. The second-order valence-electron chi connectivity index (χ2n) is 2.34. The fourth-order valence-corrected chi connectivity index (χ4v) is 1.77. The van der Waals surface area contributed by atoms with Gasteiger partial charge in [-0.2, -0.15) is 0 Å². The van der Waals surface area contributed by atoms with Crippen LogP contribution in [0.2, 0.25) is 0 Å². The lowest BCUT2D eigenvalue weighted by Gasteiger charge is -1.97. The monoisotopic (exact) mass is 201 g/mol. The van der Waals surface area contributed by atoms with Crippen LogP contribution in [0.5, 0.6) is 5.06 Å². The molecule has 0 bridgehead atoms. The fraction of sp³-hybridized carbons (Fsp3) is 0.500. The van der Waals surface area contributed by atoms with Gasteiger partial charge in [-0.05, 0) is 13.3 Å². The summed E-state index contributed by atoms with van der Waals surface area (Å²) in [5, 5.41) is 9.97. The predicted octanol–water partition coefficient (Wildman–Crippen LogP) is 1.80. The van der Waals surface area contributed by atoms with Gasteiger partial charge in [0.05, 0.1) is 11.6 Å². The summed E-state index contributed by atoms with van der Waals surface area (Å²) in [5.41, 5.74) is 0.0312. The lowest BCUT2D eigenvalue weighted by atomic mass is 10.4. The Morgan fingerprint density at radius 2 is 2.31 bits per heavy atom. The molecule has 0 aromatic carbocycles. The third-order valence-corrected chi connectivity index (χ3v) is 2.53. The minimum absolute atomic E-state index is 0.0312. The molecule has 0 saturated carbocycles. The molecule has 0 unspecified atom stereocenters. The summed E-state index contributed by atoms with van der Waals surface area (Å²) < 4.78 is 5.16. The molecule has 0 aliphatic heterocycles. The van der Waals surface area contributed by atoms with Crippen molar-refractivity contribution in [3.63, 3.8) is 0 Å². The Balaban J connectivity index is 3.00. The molecule has 1 N–H and O–H groups in total. The SMILES string of the molecule is CCOc1sc(CC)nc1C(=O)O. The summed E-state index contributed by atoms with van der Waals surface area (Å²) in [6.07, 6.45) is 0.734. The summed E-state index contributed by atoms with van der Waals surface area (Å²) in [5.74, 6) is -1.03. The number of carboxylic acid groups (broad SMARTS) is 1. The average Bonchev–Trinajstić information content (AvgIpc) is 2.48. The molecule has 1 aromatic rings. The lowest BCUT2D eigenvalue weighted by molar-refractivity contribution is 0.0687. The summed E-state index contributed by atoms with van der Waals surface area (Å²) >= 11 is 1.30. The van der Waals surface area contributed by atoms with Gasteiger partial charge in [-0.3, -0.25) is 0 Å². The highest BCUT2D eigenvalue weighted by Crippen LogP contribution is 2.27. The van der Waals surface area contributed by atoms with E-state index in [0.29, 0.717) is 11.7 Å². The smallest absolute Gasteiger partial charge is 0.359 e. The number of ether oxygens (including phenoxy) is 1. The van der Waals surface area contributed by atoms with E-state index in [1.165, 1.54) is 11.3 Å². The van der Waals surface area contributed by atoms with E-state index in [4.69, 9.17) is 9.84 Å². The number of carboxylic acids is 1. The molecule has 0 amide bonds. The Hall–Kier alpha value is -1.10. The van der Waals surface area contributed by atoms with E-state index >= 15 is 0 Å². The molecule has 0 aliphatic carbocycles. The Labute approximate surface area is 80.2 Å². The van der Waals surface area contributed by atoms with Crippen molar-refractivity contribution in [3.8, 4) is 5.06 Å². The van der Waals surface area contributed by atoms with Crippen LogP contribution >= 0.6 is 11.3 Å². The van der Waals surface area contributed by atoms with E-state index in [9.17, 15) is 4.79 Å². The van der Waals surface area contributed by atoms with Crippen LogP contribution in [-0.4, -0.2) is 22.7 Å². The van der Waals surface area contributed by atoms with Crippen LogP contribution in [-0.2, 0) is 6.42 Å². The van der Waals surface area contributed by atoms with Gasteiger partial charge >= 0.3 is 5.97 Å². The first kappa shape index (κ1) is 9.98. The number of hydrogen-bond donors (Lipinski definition) is 1. The average molecular weight is 201 g/mol. The highest BCUT2D eigenvalue weighted by atomic mass is 32.1. The maximum atomic E-state index is 10.7. The van der Waals surface area contributed by atoms with Crippen molar-refractivity contribution in [2.45, 2.75) is 20.3 Å². The first-order valence-corrected chi connectivity index (χ1v) is 4.86. The molecule has 13 heavy (non-hydrogen) atoms. The zero-order valence-corrected chi connectivity index (χ0v) is 8.35. The van der Waals surface area contributed by atoms with Gasteiger partial charge in [0.1, 0.15) is 0 Å². The first-order chi connectivity index (χ1) is 6.19. The molecule has 0 radical (unpaired) electrons. The number of carbonyl (C=O) groups is 1.